The maximum Gasteiger partial charge on any atom is 0.280 e. The number of non-ortho nitro benzene ring substituents is 2. The average Bonchev–Trinajstić information content (AvgIpc) is 2.72. The van der Waals surface area contributed by atoms with Gasteiger partial charge in [-0.2, -0.15) is 0 Å². The molecule has 0 amide bonds. The molecule has 0 atom stereocenters. The fraction of sp³-hybridized carbons (Fsp3) is 0.250. The van der Waals surface area contributed by atoms with Crippen LogP contribution in [0.25, 0.3) is 0 Å². The molecule has 0 aromatic heterocycles. The number of nitrogens with zero attached hydrogens (tertiary/aromatic N) is 6. The summed E-state index contributed by atoms with van der Waals surface area (Å²) in [4.78, 5) is 27.4. The van der Waals surface area contributed by atoms with E-state index >= 15 is 0 Å². The number of hydrogen-bond acceptors (Lipinski definition) is 8. The van der Waals surface area contributed by atoms with Crippen LogP contribution in [0.4, 0.5) is 17.1 Å². The molecule has 0 unspecified atom stereocenters. The molecule has 3 rings (SSSR count). The minimum Gasteiger partial charge on any atom is -0.569 e. The van der Waals surface area contributed by atoms with Gasteiger partial charge in [0, 0.05) is 18.8 Å². The van der Waals surface area contributed by atoms with E-state index < -0.39 is 21.2 Å². The number of hydrogen-bond donors (Lipinski definition) is 0. The minimum absolute atomic E-state index is 0.243. The molecule has 0 spiro atoms. The van der Waals surface area contributed by atoms with Crippen LogP contribution in [0.3, 0.4) is 0 Å². The normalized spacial score (nSPS) is 14.6. The number of nitro benzene ring substituents is 2. The molecule has 1 aliphatic heterocycles. The Morgan fingerprint density at radius 1 is 0.857 bits per heavy atom. The Balaban J connectivity index is 1.65. The first-order valence-corrected chi connectivity index (χ1v) is 8.28. The number of anilines is 1. The van der Waals surface area contributed by atoms with E-state index in [1.54, 1.807) is 0 Å². The van der Waals surface area contributed by atoms with E-state index in [9.17, 15) is 25.4 Å². The molecular formula is C16H16N6O6. The second-order valence-electron chi connectivity index (χ2n) is 5.90. The van der Waals surface area contributed by atoms with Crippen molar-refractivity contribution in [2.24, 2.45) is 5.28 Å². The van der Waals surface area contributed by atoms with Gasteiger partial charge in [-0.3, -0.25) is 20.2 Å². The van der Waals surface area contributed by atoms with Gasteiger partial charge in [-0.25, -0.2) is 0 Å². The molecule has 1 heterocycles. The summed E-state index contributed by atoms with van der Waals surface area (Å²) in [5.41, 5.74) is -0.0154. The second kappa shape index (κ2) is 8.16. The molecule has 2 aromatic rings. The molecule has 1 aliphatic rings. The zero-order valence-electron chi connectivity index (χ0n) is 14.6. The predicted octanol–water partition coefficient (Wildman–Crippen LogP) is 2.50. The fourth-order valence-corrected chi connectivity index (χ4v) is 2.73. The van der Waals surface area contributed by atoms with Gasteiger partial charge in [-0.15, -0.1) is 5.01 Å². The van der Waals surface area contributed by atoms with E-state index in [0.29, 0.717) is 26.2 Å². The minimum atomic E-state index is -0.794. The third-order valence-electron chi connectivity index (χ3n) is 4.13. The first-order chi connectivity index (χ1) is 13.4. The summed E-state index contributed by atoms with van der Waals surface area (Å²) in [5, 5.41) is 38.6. The first kappa shape index (κ1) is 18.8. The van der Waals surface area contributed by atoms with Gasteiger partial charge < -0.3 is 14.9 Å². The van der Waals surface area contributed by atoms with E-state index in [0.717, 1.165) is 23.9 Å². The lowest BCUT2D eigenvalue weighted by atomic mass is 10.2. The van der Waals surface area contributed by atoms with Crippen molar-refractivity contribution < 1.29 is 19.7 Å². The number of piperazine rings is 1. The number of benzene rings is 2. The van der Waals surface area contributed by atoms with Crippen LogP contribution in [0.2, 0.25) is 0 Å². The van der Waals surface area contributed by atoms with Crippen LogP contribution in [0, 0.1) is 25.4 Å². The maximum absolute atomic E-state index is 12.1. The molecular weight excluding hydrogens is 372 g/mol. The lowest BCUT2D eigenvalue weighted by Gasteiger charge is -2.32. The predicted molar refractivity (Wildman–Crippen MR) is 96.7 cm³/mol. The monoisotopic (exact) mass is 388 g/mol. The Bertz CT molecular complexity index is 866. The van der Waals surface area contributed by atoms with Gasteiger partial charge in [-0.05, 0) is 12.1 Å². The van der Waals surface area contributed by atoms with Crippen LogP contribution < -0.4 is 9.74 Å². The highest BCUT2D eigenvalue weighted by Gasteiger charge is 2.23. The molecule has 2 aromatic carbocycles. The molecule has 28 heavy (non-hydrogen) atoms. The van der Waals surface area contributed by atoms with Gasteiger partial charge in [-0.1, -0.05) is 18.2 Å². The van der Waals surface area contributed by atoms with Crippen LogP contribution in [0.5, 0.6) is 5.75 Å². The van der Waals surface area contributed by atoms with Crippen molar-refractivity contribution in [3.63, 3.8) is 0 Å². The Kier molecular flexibility index (Phi) is 5.48. The molecule has 146 valence electrons. The molecule has 0 saturated carbocycles. The zero-order chi connectivity index (χ0) is 20.1. The van der Waals surface area contributed by atoms with Gasteiger partial charge in [0.25, 0.3) is 11.4 Å². The summed E-state index contributed by atoms with van der Waals surface area (Å²) in [7, 11) is 0. The zero-order valence-corrected chi connectivity index (χ0v) is 14.6. The van der Waals surface area contributed by atoms with Crippen LogP contribution in [-0.4, -0.2) is 46.0 Å². The first-order valence-electron chi connectivity index (χ1n) is 8.28. The maximum atomic E-state index is 12.1. The van der Waals surface area contributed by atoms with Crippen molar-refractivity contribution in [1.29, 1.82) is 0 Å². The van der Waals surface area contributed by atoms with Crippen molar-refractivity contribution in [3.05, 3.63) is 74.0 Å². The standard InChI is InChI=1S/C16H16N6O6/c23-20(24)14-10-15(21(25)26)12-16(11-14)28-17-22(27)19-8-6-18(7-9-19)13-4-2-1-3-5-13/h1-5,10-12H,6-9H2/b22-17-. The van der Waals surface area contributed by atoms with E-state index in [1.807, 2.05) is 30.3 Å². The lowest BCUT2D eigenvalue weighted by Crippen LogP contribution is -2.49. The quantitative estimate of drug-likeness (QED) is 0.318. The van der Waals surface area contributed by atoms with Gasteiger partial charge in [0.15, 0.2) is 5.75 Å². The summed E-state index contributed by atoms with van der Waals surface area (Å²) in [6.45, 7) is 1.97. The van der Waals surface area contributed by atoms with E-state index in [4.69, 9.17) is 4.84 Å². The Hall–Kier alpha value is -3.96. The summed E-state index contributed by atoms with van der Waals surface area (Å²) in [5.74, 6) is -0.273. The molecule has 0 N–H and O–H groups in total. The third-order valence-corrected chi connectivity index (χ3v) is 4.13. The van der Waals surface area contributed by atoms with Crippen molar-refractivity contribution in [3.8, 4) is 5.75 Å². The number of hydrazine groups is 1. The van der Waals surface area contributed by atoms with Gasteiger partial charge in [0.2, 0.25) is 5.28 Å². The highest BCUT2D eigenvalue weighted by atomic mass is 16.7. The van der Waals surface area contributed by atoms with Crippen LogP contribution in [0.1, 0.15) is 0 Å². The van der Waals surface area contributed by atoms with Crippen LogP contribution >= 0.6 is 0 Å². The van der Waals surface area contributed by atoms with E-state index in [2.05, 4.69) is 10.2 Å². The fourth-order valence-electron chi connectivity index (χ4n) is 2.73. The third kappa shape index (κ3) is 4.41. The molecule has 12 heteroatoms. The van der Waals surface area contributed by atoms with Crippen molar-refractivity contribution in [1.82, 2.24) is 5.01 Å². The van der Waals surface area contributed by atoms with Crippen molar-refractivity contribution >= 4 is 17.1 Å². The Morgan fingerprint density at radius 2 is 1.43 bits per heavy atom. The lowest BCUT2D eigenvalue weighted by molar-refractivity contribution is -0.707. The van der Waals surface area contributed by atoms with E-state index in [-0.39, 0.29) is 10.7 Å². The van der Waals surface area contributed by atoms with Crippen LogP contribution in [0.15, 0.2) is 53.8 Å². The summed E-state index contributed by atoms with van der Waals surface area (Å²) in [6, 6.07) is 12.5. The average molecular weight is 388 g/mol. The molecule has 1 saturated heterocycles. The van der Waals surface area contributed by atoms with Gasteiger partial charge in [0.1, 0.15) is 0 Å². The molecule has 12 nitrogen and oxygen atoms in total. The summed E-state index contributed by atoms with van der Waals surface area (Å²) >= 11 is 0. The molecule has 0 bridgehead atoms. The summed E-state index contributed by atoms with van der Waals surface area (Å²) in [6.07, 6.45) is 0. The van der Waals surface area contributed by atoms with Crippen molar-refractivity contribution in [2.45, 2.75) is 0 Å². The number of rotatable bonds is 6. The number of para-hydroxylation sites is 1. The Morgan fingerprint density at radius 3 is 1.96 bits per heavy atom. The van der Waals surface area contributed by atoms with Gasteiger partial charge in [0.05, 0.1) is 46.1 Å². The number of nitro groups is 2. The SMILES string of the molecule is O=[N+]([O-])c1cc(O/N=[N+](\[O-])N2CCN(c3ccccc3)CC2)cc([N+](=O)[O-])c1. The molecule has 0 radical (unpaired) electrons. The highest BCUT2D eigenvalue weighted by Crippen LogP contribution is 2.27. The van der Waals surface area contributed by atoms with Crippen LogP contribution in [-0.2, 0) is 0 Å². The largest absolute Gasteiger partial charge is 0.569 e. The molecule has 1 fully saturated rings. The second-order valence-corrected chi connectivity index (χ2v) is 5.90. The topological polar surface area (TPSA) is 140 Å². The highest BCUT2D eigenvalue weighted by molar-refractivity contribution is 5.49. The van der Waals surface area contributed by atoms with E-state index in [1.165, 1.54) is 5.01 Å². The molecule has 0 aliphatic carbocycles. The smallest absolute Gasteiger partial charge is 0.280 e. The van der Waals surface area contributed by atoms with Gasteiger partial charge >= 0.3 is 0 Å². The van der Waals surface area contributed by atoms with Crippen molar-refractivity contribution in [2.75, 3.05) is 31.1 Å². The summed E-state index contributed by atoms with van der Waals surface area (Å²) < 4.78 is 0. The Labute approximate surface area is 158 Å².